The van der Waals surface area contributed by atoms with Crippen LogP contribution in [0.5, 0.6) is 5.75 Å². The summed E-state index contributed by atoms with van der Waals surface area (Å²) in [5.74, 6) is 0.272. The maximum Gasteiger partial charge on any atom is 0.116 e. The molecule has 0 atom stereocenters. The van der Waals surface area contributed by atoms with Crippen molar-refractivity contribution in [3.8, 4) is 5.75 Å². The number of nitrogens with zero attached hydrogens (tertiary/aromatic N) is 3. The highest BCUT2D eigenvalue weighted by Gasteiger charge is 2.16. The van der Waals surface area contributed by atoms with Crippen molar-refractivity contribution >= 4 is 17.0 Å². The van der Waals surface area contributed by atoms with Crippen molar-refractivity contribution in [1.29, 1.82) is 0 Å². The van der Waals surface area contributed by atoms with Crippen LogP contribution in [0.4, 0.5) is 0 Å². The number of benzene rings is 3. The number of phenolic OH excluding ortho intramolecular Hbond substituents is 1. The molecule has 0 unspecified atom stereocenters. The SMILES string of the molecule is Oc1cccc(C=NN2CCN(Cc3cccc4ccccc34)CC2)c1. The third-order valence-electron chi connectivity index (χ3n) is 4.86. The van der Waals surface area contributed by atoms with E-state index in [1.54, 1.807) is 12.1 Å². The molecule has 132 valence electrons. The lowest BCUT2D eigenvalue weighted by Gasteiger charge is -2.33. The first-order chi connectivity index (χ1) is 12.8. The van der Waals surface area contributed by atoms with E-state index >= 15 is 0 Å². The number of phenols is 1. The van der Waals surface area contributed by atoms with E-state index in [2.05, 4.69) is 57.5 Å². The monoisotopic (exact) mass is 345 g/mol. The minimum Gasteiger partial charge on any atom is -0.508 e. The molecule has 26 heavy (non-hydrogen) atoms. The molecule has 0 radical (unpaired) electrons. The summed E-state index contributed by atoms with van der Waals surface area (Å²) >= 11 is 0. The maximum atomic E-state index is 9.52. The number of hydrogen-bond donors (Lipinski definition) is 1. The van der Waals surface area contributed by atoms with Gasteiger partial charge in [-0.25, -0.2) is 0 Å². The van der Waals surface area contributed by atoms with Crippen LogP contribution in [0, 0.1) is 0 Å². The van der Waals surface area contributed by atoms with Gasteiger partial charge >= 0.3 is 0 Å². The highest BCUT2D eigenvalue weighted by atomic mass is 16.3. The molecule has 1 aliphatic heterocycles. The van der Waals surface area contributed by atoms with Crippen molar-refractivity contribution in [3.63, 3.8) is 0 Å². The van der Waals surface area contributed by atoms with Gasteiger partial charge in [0.1, 0.15) is 5.75 Å². The Morgan fingerprint density at radius 3 is 2.50 bits per heavy atom. The topological polar surface area (TPSA) is 39.1 Å². The molecule has 1 aliphatic rings. The molecule has 0 bridgehead atoms. The molecule has 3 aromatic carbocycles. The van der Waals surface area contributed by atoms with Gasteiger partial charge < -0.3 is 5.11 Å². The third kappa shape index (κ3) is 3.86. The van der Waals surface area contributed by atoms with E-state index in [9.17, 15) is 5.11 Å². The molecule has 0 amide bonds. The Bertz CT molecular complexity index is 909. The minimum atomic E-state index is 0.272. The van der Waals surface area contributed by atoms with E-state index in [4.69, 9.17) is 0 Å². The molecule has 1 heterocycles. The van der Waals surface area contributed by atoms with Gasteiger partial charge in [0.25, 0.3) is 0 Å². The molecule has 0 spiro atoms. The number of fused-ring (bicyclic) bond motifs is 1. The first-order valence-electron chi connectivity index (χ1n) is 9.05. The fourth-order valence-corrected chi connectivity index (χ4v) is 3.44. The maximum absolute atomic E-state index is 9.52. The second-order valence-electron chi connectivity index (χ2n) is 6.71. The summed E-state index contributed by atoms with van der Waals surface area (Å²) in [4.78, 5) is 2.49. The van der Waals surface area contributed by atoms with Crippen molar-refractivity contribution in [2.75, 3.05) is 26.2 Å². The lowest BCUT2D eigenvalue weighted by atomic mass is 10.0. The van der Waals surface area contributed by atoms with Gasteiger partial charge in [0.05, 0.1) is 6.21 Å². The molecular formula is C22H23N3O. The van der Waals surface area contributed by atoms with Gasteiger partial charge in [0.2, 0.25) is 0 Å². The molecule has 0 saturated carbocycles. The molecule has 4 nitrogen and oxygen atoms in total. The minimum absolute atomic E-state index is 0.272. The van der Waals surface area contributed by atoms with E-state index in [1.807, 2.05) is 18.3 Å². The van der Waals surface area contributed by atoms with Gasteiger partial charge in [0.15, 0.2) is 0 Å². The van der Waals surface area contributed by atoms with E-state index in [-0.39, 0.29) is 5.75 Å². The molecule has 0 aromatic heterocycles. The van der Waals surface area contributed by atoms with Crippen LogP contribution in [-0.4, -0.2) is 47.4 Å². The summed E-state index contributed by atoms with van der Waals surface area (Å²) in [6, 6.07) is 22.3. The predicted octanol–water partition coefficient (Wildman–Crippen LogP) is 3.70. The Morgan fingerprint density at radius 1 is 0.885 bits per heavy atom. The molecule has 4 heteroatoms. The molecule has 3 aromatic rings. The second kappa shape index (κ2) is 7.58. The summed E-state index contributed by atoms with van der Waals surface area (Å²) in [6.07, 6.45) is 1.82. The van der Waals surface area contributed by atoms with Gasteiger partial charge in [-0.05, 0) is 34.0 Å². The van der Waals surface area contributed by atoms with Crippen molar-refractivity contribution in [1.82, 2.24) is 9.91 Å². The van der Waals surface area contributed by atoms with Crippen molar-refractivity contribution in [2.45, 2.75) is 6.54 Å². The largest absolute Gasteiger partial charge is 0.508 e. The third-order valence-corrected chi connectivity index (χ3v) is 4.86. The van der Waals surface area contributed by atoms with Gasteiger partial charge in [-0.2, -0.15) is 5.10 Å². The van der Waals surface area contributed by atoms with Gasteiger partial charge in [-0.3, -0.25) is 9.91 Å². The van der Waals surface area contributed by atoms with Crippen molar-refractivity contribution in [3.05, 3.63) is 77.9 Å². The fraction of sp³-hybridized carbons (Fsp3) is 0.227. The lowest BCUT2D eigenvalue weighted by Crippen LogP contribution is -2.43. The molecule has 4 rings (SSSR count). The van der Waals surface area contributed by atoms with Crippen LogP contribution in [0.1, 0.15) is 11.1 Å². The van der Waals surface area contributed by atoms with Crippen LogP contribution in [-0.2, 0) is 6.54 Å². The molecule has 0 aliphatic carbocycles. The molecule has 1 fully saturated rings. The van der Waals surface area contributed by atoms with Crippen LogP contribution < -0.4 is 0 Å². The Hall–Kier alpha value is -2.85. The number of hydrazone groups is 1. The highest BCUT2D eigenvalue weighted by molar-refractivity contribution is 5.85. The number of rotatable bonds is 4. The van der Waals surface area contributed by atoms with E-state index in [0.29, 0.717) is 0 Å². The number of piperazine rings is 1. The Morgan fingerprint density at radius 2 is 1.65 bits per heavy atom. The number of aromatic hydroxyl groups is 1. The number of hydrogen-bond acceptors (Lipinski definition) is 4. The molecule has 1 N–H and O–H groups in total. The predicted molar refractivity (Wildman–Crippen MR) is 106 cm³/mol. The smallest absolute Gasteiger partial charge is 0.116 e. The second-order valence-corrected chi connectivity index (χ2v) is 6.71. The summed E-state index contributed by atoms with van der Waals surface area (Å²) in [6.45, 7) is 4.81. The standard InChI is InChI=1S/C22H23N3O/c26-21-9-3-5-18(15-21)16-23-25-13-11-24(12-14-25)17-20-8-4-7-19-6-1-2-10-22(19)20/h1-10,15-16,26H,11-14,17H2. The quantitative estimate of drug-likeness (QED) is 0.733. The average molecular weight is 345 g/mol. The summed E-state index contributed by atoms with van der Waals surface area (Å²) in [7, 11) is 0. The van der Waals surface area contributed by atoms with Gasteiger partial charge in [-0.1, -0.05) is 54.6 Å². The summed E-state index contributed by atoms with van der Waals surface area (Å²) in [5.41, 5.74) is 2.31. The molecular weight excluding hydrogens is 322 g/mol. The van der Waals surface area contributed by atoms with E-state index in [1.165, 1.54) is 16.3 Å². The normalized spacial score (nSPS) is 15.8. The van der Waals surface area contributed by atoms with Gasteiger partial charge in [0, 0.05) is 32.7 Å². The van der Waals surface area contributed by atoms with Gasteiger partial charge in [-0.15, -0.1) is 0 Å². The van der Waals surface area contributed by atoms with E-state index < -0.39 is 0 Å². The Labute approximate surface area is 154 Å². The Balaban J connectivity index is 1.36. The summed E-state index contributed by atoms with van der Waals surface area (Å²) in [5, 5.41) is 18.8. The van der Waals surface area contributed by atoms with Crippen molar-refractivity contribution < 1.29 is 5.11 Å². The van der Waals surface area contributed by atoms with Crippen LogP contribution in [0.2, 0.25) is 0 Å². The van der Waals surface area contributed by atoms with Crippen LogP contribution in [0.3, 0.4) is 0 Å². The zero-order valence-corrected chi connectivity index (χ0v) is 14.8. The average Bonchev–Trinajstić information content (AvgIpc) is 2.68. The lowest BCUT2D eigenvalue weighted by molar-refractivity contribution is 0.131. The zero-order chi connectivity index (χ0) is 17.8. The first-order valence-corrected chi connectivity index (χ1v) is 9.05. The van der Waals surface area contributed by atoms with E-state index in [0.717, 1.165) is 38.3 Å². The highest BCUT2D eigenvalue weighted by Crippen LogP contribution is 2.20. The van der Waals surface area contributed by atoms with Crippen LogP contribution in [0.15, 0.2) is 71.8 Å². The first kappa shape index (κ1) is 16.6. The van der Waals surface area contributed by atoms with Crippen LogP contribution in [0.25, 0.3) is 10.8 Å². The van der Waals surface area contributed by atoms with Crippen molar-refractivity contribution in [2.24, 2.45) is 5.10 Å². The fourth-order valence-electron chi connectivity index (χ4n) is 3.44. The molecule has 1 saturated heterocycles. The van der Waals surface area contributed by atoms with Crippen LogP contribution >= 0.6 is 0 Å². The Kier molecular flexibility index (Phi) is 4.84. The zero-order valence-electron chi connectivity index (χ0n) is 14.8. The summed E-state index contributed by atoms with van der Waals surface area (Å²) < 4.78 is 0.